The molecule has 1 aromatic rings. The highest BCUT2D eigenvalue weighted by molar-refractivity contribution is 7.80. The molecular formula is C21H31NO5S. The molecule has 28 heavy (non-hydrogen) atoms. The third kappa shape index (κ3) is 4.22. The summed E-state index contributed by atoms with van der Waals surface area (Å²) in [5, 5.41) is 0. The van der Waals surface area contributed by atoms with E-state index in [1.165, 1.54) is 5.69 Å². The van der Waals surface area contributed by atoms with Gasteiger partial charge in [0.1, 0.15) is 5.69 Å². The first-order valence-electron chi connectivity index (χ1n) is 9.33. The van der Waals surface area contributed by atoms with E-state index in [0.717, 1.165) is 35.6 Å². The fraction of sp³-hybridized carbons (Fsp3) is 0.571. The monoisotopic (exact) mass is 409 g/mol. The van der Waals surface area contributed by atoms with E-state index in [2.05, 4.69) is 76.4 Å². The van der Waals surface area contributed by atoms with Crippen molar-refractivity contribution in [3.05, 3.63) is 35.4 Å². The van der Waals surface area contributed by atoms with Crippen molar-refractivity contribution in [1.82, 2.24) is 4.48 Å². The molecule has 0 amide bonds. The maximum Gasteiger partial charge on any atom is 0.217 e. The van der Waals surface area contributed by atoms with Crippen LogP contribution < -0.4 is 4.48 Å². The summed E-state index contributed by atoms with van der Waals surface area (Å²) in [6, 6.07) is 8.56. The number of carbonyl (C=O) groups is 1. The van der Waals surface area contributed by atoms with Gasteiger partial charge < -0.3 is 4.55 Å². The zero-order chi connectivity index (χ0) is 21.5. The fourth-order valence-electron chi connectivity index (χ4n) is 4.31. The van der Waals surface area contributed by atoms with Crippen LogP contribution in [0, 0.1) is 16.7 Å². The van der Waals surface area contributed by atoms with Gasteiger partial charge in [-0.05, 0) is 47.5 Å². The fourth-order valence-corrected chi connectivity index (χ4v) is 4.31. The number of benzene rings is 1. The number of carbonyl (C=O) groups excluding carboxylic acids is 1. The minimum Gasteiger partial charge on any atom is -0.726 e. The highest BCUT2D eigenvalue weighted by atomic mass is 32.3. The van der Waals surface area contributed by atoms with Gasteiger partial charge in [0.15, 0.2) is 5.78 Å². The predicted octanol–water partition coefficient (Wildman–Crippen LogP) is 3.38. The molecule has 2 aliphatic rings. The van der Waals surface area contributed by atoms with E-state index in [9.17, 15) is 17.8 Å². The second-order valence-electron chi connectivity index (χ2n) is 9.26. The first kappa shape index (κ1) is 22.7. The molecule has 0 heterocycles. The molecule has 2 unspecified atom stereocenters. The Morgan fingerprint density at radius 3 is 2.21 bits per heavy atom. The summed E-state index contributed by atoms with van der Waals surface area (Å²) in [6.45, 7) is 6.70. The lowest BCUT2D eigenvalue weighted by molar-refractivity contribution is -0.125. The number of quaternary nitrogens is 1. The number of fused-ring (bicyclic) bond motifs is 2. The van der Waals surface area contributed by atoms with Crippen molar-refractivity contribution in [2.24, 2.45) is 16.7 Å². The third-order valence-electron chi connectivity index (χ3n) is 6.54. The number of rotatable bonds is 3. The van der Waals surface area contributed by atoms with Crippen LogP contribution in [-0.2, 0) is 19.4 Å². The number of allylic oxidation sites excluding steroid dienone is 1. The van der Waals surface area contributed by atoms with E-state index in [1.807, 2.05) is 0 Å². The summed E-state index contributed by atoms with van der Waals surface area (Å²) in [6.07, 6.45) is 4.34. The molecule has 6 nitrogen and oxygen atoms in total. The summed E-state index contributed by atoms with van der Waals surface area (Å²) < 4.78 is 31.8. The molecule has 2 saturated carbocycles. The molecule has 0 aliphatic heterocycles. The van der Waals surface area contributed by atoms with E-state index in [0.29, 0.717) is 11.7 Å². The maximum atomic E-state index is 12.9. The number of hydrogen-bond donors (Lipinski definition) is 0. The molecule has 0 aromatic heterocycles. The van der Waals surface area contributed by atoms with Crippen molar-refractivity contribution in [3.63, 3.8) is 0 Å². The van der Waals surface area contributed by atoms with Crippen molar-refractivity contribution in [2.45, 2.75) is 33.6 Å². The van der Waals surface area contributed by atoms with Gasteiger partial charge in [-0.3, -0.25) is 13.5 Å². The molecule has 2 atom stereocenters. The standard InChI is InChI=1S/C20H28NO.CH4O4S/c1-19(2)17-10-11-20(19,3)18(22)16(17)13-14-8-7-9-15(12-14)21(4,5)6;1-5-6(2,3)4/h7-9,12-13,17H,10-11H2,1-6H3;1H3,(H,2,3,4)/q+1;/p-1. The average molecular weight is 410 g/mol. The van der Waals surface area contributed by atoms with Crippen LogP contribution in [0.1, 0.15) is 39.2 Å². The minimum atomic E-state index is -4.41. The highest BCUT2D eigenvalue weighted by Crippen LogP contribution is 2.65. The van der Waals surface area contributed by atoms with Gasteiger partial charge in [-0.25, -0.2) is 8.42 Å². The SMILES string of the molecule is CC12CCC(C(=Cc3cccc([N+](C)(C)C)c3)C1=O)C2(C)C.COS(=O)(=O)[O-]. The van der Waals surface area contributed by atoms with Crippen LogP contribution in [0.2, 0.25) is 0 Å². The normalized spacial score (nSPS) is 27.6. The van der Waals surface area contributed by atoms with Gasteiger partial charge in [-0.2, -0.15) is 0 Å². The Kier molecular flexibility index (Phi) is 5.99. The Bertz CT molecular complexity index is 896. The van der Waals surface area contributed by atoms with Crippen LogP contribution >= 0.6 is 0 Å². The average Bonchev–Trinajstić information content (AvgIpc) is 2.88. The summed E-state index contributed by atoms with van der Waals surface area (Å²) >= 11 is 0. The van der Waals surface area contributed by atoms with Crippen LogP contribution in [0.25, 0.3) is 6.08 Å². The second kappa shape index (κ2) is 7.37. The Morgan fingerprint density at radius 2 is 1.79 bits per heavy atom. The van der Waals surface area contributed by atoms with E-state index in [4.69, 9.17) is 0 Å². The van der Waals surface area contributed by atoms with Crippen molar-refractivity contribution < 1.29 is 21.9 Å². The number of Topliss-reactive ketones (excluding diaryl/α,β-unsaturated/α-hetero) is 1. The molecule has 0 saturated heterocycles. The third-order valence-corrected chi connectivity index (χ3v) is 6.94. The van der Waals surface area contributed by atoms with Crippen LogP contribution in [0.5, 0.6) is 0 Å². The van der Waals surface area contributed by atoms with Crippen molar-refractivity contribution >= 4 is 27.9 Å². The van der Waals surface area contributed by atoms with Gasteiger partial charge in [0.25, 0.3) is 0 Å². The highest BCUT2D eigenvalue weighted by Gasteiger charge is 2.63. The van der Waals surface area contributed by atoms with Crippen LogP contribution in [0.4, 0.5) is 5.69 Å². The first-order valence-corrected chi connectivity index (χ1v) is 10.7. The Hall–Kier alpha value is -1.54. The summed E-state index contributed by atoms with van der Waals surface area (Å²) in [5.74, 6) is 0.794. The maximum absolute atomic E-state index is 12.9. The molecule has 3 rings (SSSR count). The van der Waals surface area contributed by atoms with E-state index >= 15 is 0 Å². The lowest BCUT2D eigenvalue weighted by Gasteiger charge is -2.31. The van der Waals surface area contributed by atoms with Gasteiger partial charge >= 0.3 is 0 Å². The minimum absolute atomic E-state index is 0.0909. The topological polar surface area (TPSA) is 83.5 Å². The summed E-state index contributed by atoms with van der Waals surface area (Å²) in [7, 11) is 2.89. The smallest absolute Gasteiger partial charge is 0.217 e. The number of nitrogens with zero attached hydrogens (tertiary/aromatic N) is 1. The first-order chi connectivity index (χ1) is 12.6. The summed E-state index contributed by atoms with van der Waals surface area (Å²) in [5.41, 5.74) is 3.39. The number of ketones is 1. The Labute approximate surface area is 168 Å². The molecule has 156 valence electrons. The van der Waals surface area contributed by atoms with Crippen LogP contribution in [0.15, 0.2) is 29.8 Å². The zero-order valence-corrected chi connectivity index (χ0v) is 18.6. The molecule has 2 bridgehead atoms. The molecule has 1 aromatic carbocycles. The van der Waals surface area contributed by atoms with Gasteiger partial charge in [-0.15, -0.1) is 0 Å². The molecular weight excluding hydrogens is 378 g/mol. The largest absolute Gasteiger partial charge is 0.726 e. The van der Waals surface area contributed by atoms with Gasteiger partial charge in [0.2, 0.25) is 10.4 Å². The van der Waals surface area contributed by atoms with Gasteiger partial charge in [0, 0.05) is 11.5 Å². The Balaban J connectivity index is 0.000000409. The predicted molar refractivity (Wildman–Crippen MR) is 110 cm³/mol. The lowest BCUT2D eigenvalue weighted by atomic mass is 9.70. The van der Waals surface area contributed by atoms with Crippen molar-refractivity contribution in [2.75, 3.05) is 28.3 Å². The van der Waals surface area contributed by atoms with Gasteiger partial charge in [-0.1, -0.05) is 32.9 Å². The van der Waals surface area contributed by atoms with Crippen molar-refractivity contribution in [1.29, 1.82) is 0 Å². The van der Waals surface area contributed by atoms with Crippen LogP contribution in [0.3, 0.4) is 0 Å². The lowest BCUT2D eigenvalue weighted by Crippen LogP contribution is -2.34. The van der Waals surface area contributed by atoms with Gasteiger partial charge in [0.05, 0.1) is 28.3 Å². The van der Waals surface area contributed by atoms with Crippen molar-refractivity contribution in [3.8, 4) is 0 Å². The second-order valence-corrected chi connectivity index (χ2v) is 10.4. The molecule has 0 radical (unpaired) electrons. The quantitative estimate of drug-likeness (QED) is 0.331. The zero-order valence-electron chi connectivity index (χ0n) is 17.8. The Morgan fingerprint density at radius 1 is 1.21 bits per heavy atom. The molecule has 2 aliphatic carbocycles. The van der Waals surface area contributed by atoms with E-state index in [1.54, 1.807) is 0 Å². The molecule has 0 spiro atoms. The van der Waals surface area contributed by atoms with E-state index in [-0.39, 0.29) is 10.8 Å². The van der Waals surface area contributed by atoms with E-state index < -0.39 is 10.4 Å². The molecule has 2 fully saturated rings. The number of hydrogen-bond acceptors (Lipinski definition) is 5. The summed E-state index contributed by atoms with van der Waals surface area (Å²) in [4.78, 5) is 12.9. The molecule has 7 heteroatoms. The molecule has 0 N–H and O–H groups in total. The van der Waals surface area contributed by atoms with Crippen LogP contribution in [-0.4, -0.2) is 47.0 Å².